The van der Waals surface area contributed by atoms with E-state index in [9.17, 15) is 4.79 Å². The summed E-state index contributed by atoms with van der Waals surface area (Å²) >= 11 is 0. The number of nitrogens with zero attached hydrogens (tertiary/aromatic N) is 1. The second kappa shape index (κ2) is 7.46. The molecule has 1 aromatic rings. The van der Waals surface area contributed by atoms with Gasteiger partial charge in [0, 0.05) is 19.1 Å². The van der Waals surface area contributed by atoms with Gasteiger partial charge in [-0.2, -0.15) is 0 Å². The van der Waals surface area contributed by atoms with Crippen molar-refractivity contribution in [2.45, 2.75) is 45.1 Å². The van der Waals surface area contributed by atoms with E-state index in [4.69, 9.17) is 10.5 Å². The molecule has 0 aromatic heterocycles. The van der Waals surface area contributed by atoms with Crippen molar-refractivity contribution < 1.29 is 9.53 Å². The van der Waals surface area contributed by atoms with Gasteiger partial charge >= 0.3 is 0 Å². The first-order valence-electron chi connectivity index (χ1n) is 7.87. The van der Waals surface area contributed by atoms with E-state index in [1.807, 2.05) is 23.1 Å². The number of para-hydroxylation sites is 1. The summed E-state index contributed by atoms with van der Waals surface area (Å²) in [5, 5.41) is 0. The van der Waals surface area contributed by atoms with Crippen LogP contribution in [0, 0.1) is 0 Å². The minimum Gasteiger partial charge on any atom is -0.483 e. The molecule has 0 saturated carbocycles. The molecule has 0 spiro atoms. The van der Waals surface area contributed by atoms with E-state index in [1.165, 1.54) is 5.56 Å². The van der Waals surface area contributed by atoms with Crippen molar-refractivity contribution in [3.05, 3.63) is 29.8 Å². The second-order valence-electron chi connectivity index (χ2n) is 5.88. The highest BCUT2D eigenvalue weighted by Gasteiger charge is 2.21. The third kappa shape index (κ3) is 4.21. The first kappa shape index (κ1) is 15.8. The summed E-state index contributed by atoms with van der Waals surface area (Å²) in [5.74, 6) is 1.28. The highest BCUT2D eigenvalue weighted by Crippen LogP contribution is 2.28. The molecule has 1 saturated heterocycles. The zero-order chi connectivity index (χ0) is 15.2. The number of carbonyl (C=O) groups excluding carboxylic acids is 1. The molecule has 2 atom stereocenters. The number of piperidine rings is 1. The van der Waals surface area contributed by atoms with E-state index in [-0.39, 0.29) is 18.6 Å². The molecular formula is C17H26N2O2. The van der Waals surface area contributed by atoms with Gasteiger partial charge in [0.1, 0.15) is 5.75 Å². The van der Waals surface area contributed by atoms with Crippen molar-refractivity contribution in [3.8, 4) is 5.75 Å². The van der Waals surface area contributed by atoms with Crippen LogP contribution < -0.4 is 10.5 Å². The van der Waals surface area contributed by atoms with Gasteiger partial charge in [-0.15, -0.1) is 0 Å². The molecule has 4 nitrogen and oxygen atoms in total. The quantitative estimate of drug-likeness (QED) is 0.906. The van der Waals surface area contributed by atoms with E-state index in [2.05, 4.69) is 19.9 Å². The molecular weight excluding hydrogens is 264 g/mol. The molecule has 0 unspecified atom stereocenters. The molecule has 1 amide bonds. The molecule has 2 rings (SSSR count). The normalized spacial score (nSPS) is 20.1. The summed E-state index contributed by atoms with van der Waals surface area (Å²) in [6, 6.07) is 8.08. The number of benzene rings is 1. The van der Waals surface area contributed by atoms with Crippen LogP contribution in [0.3, 0.4) is 0 Å². The van der Waals surface area contributed by atoms with Crippen LogP contribution in [0.25, 0.3) is 0 Å². The topological polar surface area (TPSA) is 55.6 Å². The van der Waals surface area contributed by atoms with Gasteiger partial charge in [-0.1, -0.05) is 32.0 Å². The Labute approximate surface area is 127 Å². The van der Waals surface area contributed by atoms with Crippen LogP contribution >= 0.6 is 0 Å². The third-order valence-electron chi connectivity index (χ3n) is 4.22. The summed E-state index contributed by atoms with van der Waals surface area (Å²) < 4.78 is 5.78. The number of nitrogens with two attached hydrogens (primary N) is 1. The lowest BCUT2D eigenvalue weighted by Crippen LogP contribution is -2.47. The molecule has 4 heteroatoms. The average Bonchev–Trinajstić information content (AvgIpc) is 2.52. The van der Waals surface area contributed by atoms with Crippen LogP contribution in [-0.2, 0) is 4.79 Å². The highest BCUT2D eigenvalue weighted by atomic mass is 16.5. The largest absolute Gasteiger partial charge is 0.483 e. The maximum atomic E-state index is 12.2. The molecule has 116 valence electrons. The molecule has 1 fully saturated rings. The number of rotatable bonds is 5. The Hall–Kier alpha value is -1.55. The van der Waals surface area contributed by atoms with Crippen molar-refractivity contribution in [2.24, 2.45) is 5.73 Å². The molecule has 1 aliphatic rings. The Bertz CT molecular complexity index is 476. The fraction of sp³-hybridized carbons (Fsp3) is 0.588. The van der Waals surface area contributed by atoms with Crippen LogP contribution in [0.5, 0.6) is 5.75 Å². The second-order valence-corrected chi connectivity index (χ2v) is 5.88. The standard InChI is InChI=1S/C17H26N2O2/c1-3-13(2)15-8-4-5-9-16(15)21-12-17(20)19-10-6-7-14(18)11-19/h4-5,8-9,13-14H,3,6-7,10-12,18H2,1-2H3/t13-,14-/m0/s1. The monoisotopic (exact) mass is 290 g/mol. The fourth-order valence-electron chi connectivity index (χ4n) is 2.71. The van der Waals surface area contributed by atoms with E-state index < -0.39 is 0 Å². The Morgan fingerprint density at radius 1 is 1.48 bits per heavy atom. The van der Waals surface area contributed by atoms with Gasteiger partial charge in [0.2, 0.25) is 0 Å². The van der Waals surface area contributed by atoms with Crippen molar-refractivity contribution in [1.29, 1.82) is 0 Å². The van der Waals surface area contributed by atoms with E-state index >= 15 is 0 Å². The summed E-state index contributed by atoms with van der Waals surface area (Å²) in [4.78, 5) is 14.0. The van der Waals surface area contributed by atoms with Crippen LogP contribution in [0.4, 0.5) is 0 Å². The van der Waals surface area contributed by atoms with Gasteiger partial charge in [-0.3, -0.25) is 4.79 Å². The lowest BCUT2D eigenvalue weighted by atomic mass is 9.98. The first-order valence-corrected chi connectivity index (χ1v) is 7.87. The third-order valence-corrected chi connectivity index (χ3v) is 4.22. The van der Waals surface area contributed by atoms with Crippen LogP contribution in [0.15, 0.2) is 24.3 Å². The minimum atomic E-state index is 0.0316. The summed E-state index contributed by atoms with van der Waals surface area (Å²) in [7, 11) is 0. The van der Waals surface area contributed by atoms with Crippen molar-refractivity contribution >= 4 is 5.91 Å². The lowest BCUT2D eigenvalue weighted by Gasteiger charge is -2.30. The fourth-order valence-corrected chi connectivity index (χ4v) is 2.71. The number of amides is 1. The first-order chi connectivity index (χ1) is 10.1. The SMILES string of the molecule is CC[C@H](C)c1ccccc1OCC(=O)N1CCC[C@H](N)C1. The molecule has 0 bridgehead atoms. The molecule has 1 aliphatic heterocycles. The number of hydrogen-bond donors (Lipinski definition) is 1. The van der Waals surface area contributed by atoms with Gasteiger partial charge in [0.15, 0.2) is 6.61 Å². The molecule has 1 aromatic carbocycles. The minimum absolute atomic E-state index is 0.0316. The predicted octanol–water partition coefficient (Wildman–Crippen LogP) is 2.53. The van der Waals surface area contributed by atoms with Gasteiger partial charge in [0.05, 0.1) is 0 Å². The smallest absolute Gasteiger partial charge is 0.260 e. The summed E-state index contributed by atoms with van der Waals surface area (Å²) in [6.45, 7) is 5.87. The number of carbonyl (C=O) groups is 1. The van der Waals surface area contributed by atoms with Gasteiger partial charge in [0.25, 0.3) is 5.91 Å². The number of likely N-dealkylation sites (tertiary alicyclic amines) is 1. The highest BCUT2D eigenvalue weighted by molar-refractivity contribution is 5.78. The Morgan fingerprint density at radius 2 is 2.24 bits per heavy atom. The van der Waals surface area contributed by atoms with Crippen LogP contribution in [0.1, 0.15) is 44.6 Å². The van der Waals surface area contributed by atoms with Crippen molar-refractivity contribution in [3.63, 3.8) is 0 Å². The number of hydrogen-bond acceptors (Lipinski definition) is 3. The molecule has 0 aliphatic carbocycles. The van der Waals surface area contributed by atoms with E-state index in [0.29, 0.717) is 12.5 Å². The van der Waals surface area contributed by atoms with Gasteiger partial charge in [-0.25, -0.2) is 0 Å². The van der Waals surface area contributed by atoms with Crippen LogP contribution in [0.2, 0.25) is 0 Å². The summed E-state index contributed by atoms with van der Waals surface area (Å²) in [5.41, 5.74) is 7.09. The Morgan fingerprint density at radius 3 is 2.95 bits per heavy atom. The predicted molar refractivity (Wildman–Crippen MR) is 84.4 cm³/mol. The molecule has 2 N–H and O–H groups in total. The average molecular weight is 290 g/mol. The Balaban J connectivity index is 1.95. The zero-order valence-corrected chi connectivity index (χ0v) is 13.0. The van der Waals surface area contributed by atoms with E-state index in [1.54, 1.807) is 0 Å². The maximum Gasteiger partial charge on any atom is 0.260 e. The summed E-state index contributed by atoms with van der Waals surface area (Å²) in [6.07, 6.45) is 3.03. The van der Waals surface area contributed by atoms with Crippen molar-refractivity contribution in [2.75, 3.05) is 19.7 Å². The van der Waals surface area contributed by atoms with Crippen molar-refractivity contribution in [1.82, 2.24) is 4.90 Å². The van der Waals surface area contributed by atoms with Gasteiger partial charge in [-0.05, 0) is 36.8 Å². The molecule has 21 heavy (non-hydrogen) atoms. The zero-order valence-electron chi connectivity index (χ0n) is 13.0. The Kier molecular flexibility index (Phi) is 5.62. The maximum absolute atomic E-state index is 12.2. The number of ether oxygens (including phenoxy) is 1. The van der Waals surface area contributed by atoms with E-state index in [0.717, 1.165) is 31.6 Å². The lowest BCUT2D eigenvalue weighted by molar-refractivity contribution is -0.134. The molecule has 1 heterocycles. The van der Waals surface area contributed by atoms with Crippen LogP contribution in [-0.4, -0.2) is 36.5 Å². The molecule has 0 radical (unpaired) electrons. The van der Waals surface area contributed by atoms with Gasteiger partial charge < -0.3 is 15.4 Å².